The average molecular weight is 261 g/mol. The number of benzene rings is 1. The van der Waals surface area contributed by atoms with Crippen molar-refractivity contribution in [2.45, 2.75) is 38.8 Å². The number of nitrogens with two attached hydrogens (primary N) is 1. The third-order valence-electron chi connectivity index (χ3n) is 3.61. The van der Waals surface area contributed by atoms with Gasteiger partial charge in [-0.1, -0.05) is 12.1 Å². The van der Waals surface area contributed by atoms with Gasteiger partial charge >= 0.3 is 0 Å². The number of hydrogen-bond acceptors (Lipinski definition) is 3. The molecule has 1 aliphatic heterocycles. The van der Waals surface area contributed by atoms with Crippen LogP contribution in [0.5, 0.6) is 0 Å². The highest BCUT2D eigenvalue weighted by atomic mass is 16.2. The molecule has 0 aromatic heterocycles. The number of carbonyl (C=O) groups excluding carboxylic acids is 1. The van der Waals surface area contributed by atoms with Gasteiger partial charge in [0.1, 0.15) is 0 Å². The second-order valence-corrected chi connectivity index (χ2v) is 5.31. The molecule has 1 saturated heterocycles. The van der Waals surface area contributed by atoms with Crippen molar-refractivity contribution in [2.24, 2.45) is 5.73 Å². The average Bonchev–Trinajstić information content (AvgIpc) is 2.92. The van der Waals surface area contributed by atoms with Crippen molar-refractivity contribution in [3.63, 3.8) is 0 Å². The van der Waals surface area contributed by atoms with E-state index >= 15 is 0 Å². The molecule has 0 radical (unpaired) electrons. The normalized spacial score (nSPS) is 18.2. The summed E-state index contributed by atoms with van der Waals surface area (Å²) in [7, 11) is 0. The quantitative estimate of drug-likeness (QED) is 0.869. The van der Waals surface area contributed by atoms with Crippen LogP contribution in [0.4, 0.5) is 5.69 Å². The minimum Gasteiger partial charge on any atom is -0.372 e. The summed E-state index contributed by atoms with van der Waals surface area (Å²) in [5.74, 6) is -0.112. The summed E-state index contributed by atoms with van der Waals surface area (Å²) in [5, 5.41) is 2.93. The van der Waals surface area contributed by atoms with Crippen LogP contribution in [0.3, 0.4) is 0 Å². The molecule has 0 bridgehead atoms. The summed E-state index contributed by atoms with van der Waals surface area (Å²) in [6, 6.07) is 7.92. The SMILES string of the molecule is CC(N)C(=O)NC(C)c1cccc(N2CCCC2)c1. The van der Waals surface area contributed by atoms with E-state index < -0.39 is 6.04 Å². The number of rotatable bonds is 4. The highest BCUT2D eigenvalue weighted by Gasteiger charge is 2.15. The van der Waals surface area contributed by atoms with Gasteiger partial charge in [-0.3, -0.25) is 4.79 Å². The molecule has 4 nitrogen and oxygen atoms in total. The van der Waals surface area contributed by atoms with Gasteiger partial charge in [0.15, 0.2) is 0 Å². The van der Waals surface area contributed by atoms with E-state index in [0.717, 1.165) is 18.7 Å². The monoisotopic (exact) mass is 261 g/mol. The van der Waals surface area contributed by atoms with Gasteiger partial charge < -0.3 is 16.0 Å². The van der Waals surface area contributed by atoms with E-state index in [1.54, 1.807) is 6.92 Å². The fraction of sp³-hybridized carbons (Fsp3) is 0.533. The van der Waals surface area contributed by atoms with Crippen LogP contribution in [-0.2, 0) is 4.79 Å². The summed E-state index contributed by atoms with van der Waals surface area (Å²) < 4.78 is 0. The molecule has 4 heteroatoms. The molecule has 0 spiro atoms. The molecule has 1 aromatic carbocycles. The van der Waals surface area contributed by atoms with Crippen LogP contribution in [-0.4, -0.2) is 25.0 Å². The van der Waals surface area contributed by atoms with Crippen molar-refractivity contribution >= 4 is 11.6 Å². The lowest BCUT2D eigenvalue weighted by Crippen LogP contribution is -2.39. The molecule has 1 aliphatic rings. The van der Waals surface area contributed by atoms with E-state index in [4.69, 9.17) is 5.73 Å². The van der Waals surface area contributed by atoms with Crippen LogP contribution in [0.15, 0.2) is 24.3 Å². The van der Waals surface area contributed by atoms with E-state index in [0.29, 0.717) is 0 Å². The summed E-state index contributed by atoms with van der Waals surface area (Å²) >= 11 is 0. The van der Waals surface area contributed by atoms with Gasteiger partial charge in [-0.25, -0.2) is 0 Å². The van der Waals surface area contributed by atoms with Crippen LogP contribution in [0.1, 0.15) is 38.3 Å². The molecule has 2 rings (SSSR count). The smallest absolute Gasteiger partial charge is 0.237 e. The molecule has 1 heterocycles. The van der Waals surface area contributed by atoms with Gasteiger partial charge in [0.25, 0.3) is 0 Å². The summed E-state index contributed by atoms with van der Waals surface area (Å²) in [4.78, 5) is 14.0. The Morgan fingerprint density at radius 2 is 2.00 bits per heavy atom. The van der Waals surface area contributed by atoms with Crippen molar-refractivity contribution in [3.05, 3.63) is 29.8 Å². The third kappa shape index (κ3) is 3.47. The highest BCUT2D eigenvalue weighted by molar-refractivity contribution is 5.81. The van der Waals surface area contributed by atoms with Crippen molar-refractivity contribution < 1.29 is 4.79 Å². The van der Waals surface area contributed by atoms with Crippen LogP contribution in [0.25, 0.3) is 0 Å². The Balaban J connectivity index is 2.07. The van der Waals surface area contributed by atoms with Crippen molar-refractivity contribution in [1.29, 1.82) is 0 Å². The maximum absolute atomic E-state index is 11.6. The summed E-state index contributed by atoms with van der Waals surface area (Å²) in [5.41, 5.74) is 7.94. The lowest BCUT2D eigenvalue weighted by atomic mass is 10.1. The van der Waals surface area contributed by atoms with Gasteiger partial charge in [-0.2, -0.15) is 0 Å². The fourth-order valence-electron chi connectivity index (χ4n) is 2.39. The summed E-state index contributed by atoms with van der Waals surface area (Å²) in [6.45, 7) is 5.94. The lowest BCUT2D eigenvalue weighted by Gasteiger charge is -2.21. The van der Waals surface area contributed by atoms with Crippen molar-refractivity contribution in [1.82, 2.24) is 5.32 Å². The van der Waals surface area contributed by atoms with Crippen molar-refractivity contribution in [3.8, 4) is 0 Å². The van der Waals surface area contributed by atoms with Crippen LogP contribution >= 0.6 is 0 Å². The number of anilines is 1. The maximum atomic E-state index is 11.6. The Kier molecular flexibility index (Phi) is 4.43. The Hall–Kier alpha value is -1.55. The first-order valence-corrected chi connectivity index (χ1v) is 6.99. The Morgan fingerprint density at radius 3 is 2.63 bits per heavy atom. The third-order valence-corrected chi connectivity index (χ3v) is 3.61. The molecular weight excluding hydrogens is 238 g/mol. The van der Waals surface area contributed by atoms with E-state index in [2.05, 4.69) is 28.4 Å². The summed E-state index contributed by atoms with van der Waals surface area (Å²) in [6.07, 6.45) is 2.53. The number of nitrogens with one attached hydrogen (secondary N) is 1. The van der Waals surface area contributed by atoms with E-state index in [9.17, 15) is 4.79 Å². The molecule has 0 aliphatic carbocycles. The first-order valence-electron chi connectivity index (χ1n) is 6.99. The Labute approximate surface area is 115 Å². The number of carbonyl (C=O) groups is 1. The number of nitrogens with zero attached hydrogens (tertiary/aromatic N) is 1. The van der Waals surface area contributed by atoms with Gasteiger partial charge in [0, 0.05) is 18.8 Å². The van der Waals surface area contributed by atoms with E-state index in [1.165, 1.54) is 18.5 Å². The standard InChI is InChI=1S/C15H23N3O/c1-11(16)15(19)17-12(2)13-6-5-7-14(10-13)18-8-3-4-9-18/h5-7,10-12H,3-4,8-9,16H2,1-2H3,(H,17,19). The molecule has 0 saturated carbocycles. The number of amides is 1. The van der Waals surface area contributed by atoms with Crippen molar-refractivity contribution in [2.75, 3.05) is 18.0 Å². The first-order chi connectivity index (χ1) is 9.08. The second-order valence-electron chi connectivity index (χ2n) is 5.31. The zero-order chi connectivity index (χ0) is 13.8. The minimum absolute atomic E-state index is 0.0129. The molecular formula is C15H23N3O. The van der Waals surface area contributed by atoms with Crippen LogP contribution in [0, 0.1) is 0 Å². The largest absolute Gasteiger partial charge is 0.372 e. The zero-order valence-electron chi connectivity index (χ0n) is 11.7. The zero-order valence-corrected chi connectivity index (χ0v) is 11.7. The molecule has 1 amide bonds. The number of hydrogen-bond donors (Lipinski definition) is 2. The predicted molar refractivity (Wildman–Crippen MR) is 78.1 cm³/mol. The Morgan fingerprint density at radius 1 is 1.32 bits per heavy atom. The van der Waals surface area contributed by atoms with Gasteiger partial charge in [0.2, 0.25) is 5.91 Å². The van der Waals surface area contributed by atoms with Crippen LogP contribution in [0.2, 0.25) is 0 Å². The molecule has 3 N–H and O–H groups in total. The molecule has 2 atom stereocenters. The molecule has 19 heavy (non-hydrogen) atoms. The molecule has 2 unspecified atom stereocenters. The maximum Gasteiger partial charge on any atom is 0.237 e. The van der Waals surface area contributed by atoms with E-state index in [-0.39, 0.29) is 11.9 Å². The fourth-order valence-corrected chi connectivity index (χ4v) is 2.39. The minimum atomic E-state index is -0.468. The van der Waals surface area contributed by atoms with Gasteiger partial charge in [-0.15, -0.1) is 0 Å². The molecule has 1 fully saturated rings. The molecule has 1 aromatic rings. The molecule has 104 valence electrons. The first kappa shape index (κ1) is 13.9. The van der Waals surface area contributed by atoms with Gasteiger partial charge in [0.05, 0.1) is 12.1 Å². The predicted octanol–water partition coefficient (Wildman–Crippen LogP) is 1.81. The highest BCUT2D eigenvalue weighted by Crippen LogP contribution is 2.23. The van der Waals surface area contributed by atoms with Gasteiger partial charge in [-0.05, 0) is 44.4 Å². The van der Waals surface area contributed by atoms with E-state index in [1.807, 2.05) is 13.0 Å². The topological polar surface area (TPSA) is 58.4 Å². The lowest BCUT2D eigenvalue weighted by molar-refractivity contribution is -0.122. The van der Waals surface area contributed by atoms with Crippen LogP contribution < -0.4 is 16.0 Å². The second kappa shape index (κ2) is 6.06. The Bertz CT molecular complexity index is 439.